The van der Waals surface area contributed by atoms with E-state index in [4.69, 9.17) is 4.74 Å². The predicted octanol–water partition coefficient (Wildman–Crippen LogP) is 2.81. The lowest BCUT2D eigenvalue weighted by Crippen LogP contribution is -2.29. The van der Waals surface area contributed by atoms with Crippen LogP contribution in [0.15, 0.2) is 44.3 Å². The standard InChI is InChI=1S/C16H16N6O2S2/c1-4-22-13(23)12(26-16(22)19-15-17-8-18-20-15)14-21(2)10-7-9(24-3)5-6-11(10)25-14/h5-8H,4H2,1-3H3,(H,17,18,20)/b14-12-,19-16?. The van der Waals surface area contributed by atoms with Gasteiger partial charge in [0, 0.05) is 24.6 Å². The number of amidine groups is 1. The van der Waals surface area contributed by atoms with Crippen LogP contribution in [0.25, 0.3) is 0 Å². The van der Waals surface area contributed by atoms with E-state index >= 15 is 0 Å². The van der Waals surface area contributed by atoms with Gasteiger partial charge in [-0.25, -0.2) is 5.10 Å². The number of carbonyl (C=O) groups is 1. The minimum Gasteiger partial charge on any atom is -0.497 e. The Bertz CT molecular complexity index is 925. The van der Waals surface area contributed by atoms with Gasteiger partial charge in [-0.15, -0.1) is 0 Å². The van der Waals surface area contributed by atoms with Gasteiger partial charge in [0.05, 0.1) is 17.8 Å². The molecule has 0 bridgehead atoms. The summed E-state index contributed by atoms with van der Waals surface area (Å²) in [7, 11) is 3.60. The molecule has 10 heteroatoms. The van der Waals surface area contributed by atoms with Gasteiger partial charge in [0.1, 0.15) is 17.0 Å². The highest BCUT2D eigenvalue weighted by Gasteiger charge is 2.38. The van der Waals surface area contributed by atoms with Crippen molar-refractivity contribution < 1.29 is 9.53 Å². The number of rotatable bonds is 3. The van der Waals surface area contributed by atoms with Gasteiger partial charge in [0.2, 0.25) is 5.95 Å². The van der Waals surface area contributed by atoms with E-state index in [0.717, 1.165) is 21.4 Å². The Morgan fingerprint density at radius 1 is 1.35 bits per heavy atom. The van der Waals surface area contributed by atoms with Crippen molar-refractivity contribution in [1.82, 2.24) is 20.1 Å². The molecule has 0 radical (unpaired) electrons. The summed E-state index contributed by atoms with van der Waals surface area (Å²) in [5.41, 5.74) is 1.02. The number of aliphatic imine (C=N–C) groups is 1. The Morgan fingerprint density at radius 3 is 2.88 bits per heavy atom. The van der Waals surface area contributed by atoms with Crippen LogP contribution in [0.1, 0.15) is 6.92 Å². The molecular formula is C16H16N6O2S2. The number of H-pyrrole nitrogens is 1. The molecule has 1 aromatic carbocycles. The highest BCUT2D eigenvalue weighted by molar-refractivity contribution is 8.19. The van der Waals surface area contributed by atoms with Crippen LogP contribution in [0.3, 0.4) is 0 Å². The topological polar surface area (TPSA) is 86.7 Å². The third kappa shape index (κ3) is 2.74. The van der Waals surface area contributed by atoms with Crippen molar-refractivity contribution in [2.75, 3.05) is 25.6 Å². The minimum absolute atomic E-state index is 0.0510. The first-order chi connectivity index (χ1) is 12.6. The number of aromatic amines is 1. The van der Waals surface area contributed by atoms with E-state index in [9.17, 15) is 4.79 Å². The molecule has 26 heavy (non-hydrogen) atoms. The Labute approximate surface area is 158 Å². The molecule has 8 nitrogen and oxygen atoms in total. The second-order valence-corrected chi connectivity index (χ2v) is 7.49. The quantitative estimate of drug-likeness (QED) is 0.809. The number of likely N-dealkylation sites (N-methyl/N-ethyl adjacent to an activating group) is 1. The third-order valence-electron chi connectivity index (χ3n) is 4.02. The van der Waals surface area contributed by atoms with E-state index in [2.05, 4.69) is 20.2 Å². The van der Waals surface area contributed by atoms with E-state index in [1.54, 1.807) is 23.8 Å². The zero-order chi connectivity index (χ0) is 18.3. The number of nitrogens with one attached hydrogen (secondary N) is 1. The van der Waals surface area contributed by atoms with Crippen molar-refractivity contribution in [3.8, 4) is 5.75 Å². The number of ether oxygens (including phenoxy) is 1. The van der Waals surface area contributed by atoms with E-state index in [1.807, 2.05) is 37.1 Å². The van der Waals surface area contributed by atoms with Crippen LogP contribution in [0.5, 0.6) is 5.75 Å². The molecule has 0 atom stereocenters. The van der Waals surface area contributed by atoms with Gasteiger partial charge in [-0.05, 0) is 30.8 Å². The summed E-state index contributed by atoms with van der Waals surface area (Å²) in [4.78, 5) is 26.8. The number of hydrogen-bond acceptors (Lipinski definition) is 8. The maximum atomic E-state index is 12.9. The molecule has 1 fully saturated rings. The van der Waals surface area contributed by atoms with E-state index in [1.165, 1.54) is 18.1 Å². The highest BCUT2D eigenvalue weighted by Crippen LogP contribution is 2.50. The van der Waals surface area contributed by atoms with Crippen LogP contribution < -0.4 is 9.64 Å². The molecule has 1 saturated heterocycles. The summed E-state index contributed by atoms with van der Waals surface area (Å²) in [6.07, 6.45) is 1.39. The largest absolute Gasteiger partial charge is 0.497 e. The van der Waals surface area contributed by atoms with Crippen LogP contribution in [0.2, 0.25) is 0 Å². The summed E-state index contributed by atoms with van der Waals surface area (Å²) in [5.74, 6) is 1.12. The van der Waals surface area contributed by atoms with Gasteiger partial charge in [0.15, 0.2) is 5.17 Å². The summed E-state index contributed by atoms with van der Waals surface area (Å²) in [5, 5.41) is 7.98. The van der Waals surface area contributed by atoms with Crippen LogP contribution in [-0.2, 0) is 4.79 Å². The number of hydrogen-bond donors (Lipinski definition) is 1. The molecule has 0 aliphatic carbocycles. The Kier molecular flexibility index (Phi) is 4.37. The maximum absolute atomic E-state index is 12.9. The SMILES string of the molecule is CCN1C(=O)/C(=C2/Sc3ccc(OC)cc3N2C)SC1=Nc1ncn[nH]1. The summed E-state index contributed by atoms with van der Waals surface area (Å²) < 4.78 is 5.31. The molecule has 0 saturated carbocycles. The second kappa shape index (κ2) is 6.69. The molecule has 1 N–H and O–H groups in total. The fourth-order valence-corrected chi connectivity index (χ4v) is 5.06. The summed E-state index contributed by atoms with van der Waals surface area (Å²) in [6.45, 7) is 2.46. The van der Waals surface area contributed by atoms with Crippen molar-refractivity contribution in [2.45, 2.75) is 11.8 Å². The van der Waals surface area contributed by atoms with Crippen molar-refractivity contribution in [2.24, 2.45) is 4.99 Å². The lowest BCUT2D eigenvalue weighted by atomic mass is 10.3. The average Bonchev–Trinajstić information content (AvgIpc) is 3.34. The molecule has 2 aliphatic heterocycles. The Balaban J connectivity index is 1.72. The number of nitrogens with zero attached hydrogens (tertiary/aromatic N) is 5. The van der Waals surface area contributed by atoms with Crippen LogP contribution in [0, 0.1) is 0 Å². The van der Waals surface area contributed by atoms with Gasteiger partial charge >= 0.3 is 0 Å². The van der Waals surface area contributed by atoms with Crippen molar-refractivity contribution in [3.63, 3.8) is 0 Å². The molecular weight excluding hydrogens is 372 g/mol. The third-order valence-corrected chi connectivity index (χ3v) is 6.45. The molecule has 0 spiro atoms. The monoisotopic (exact) mass is 388 g/mol. The summed E-state index contributed by atoms with van der Waals surface area (Å²) >= 11 is 2.93. The normalized spacial score (nSPS) is 21.0. The smallest absolute Gasteiger partial charge is 0.269 e. The first-order valence-corrected chi connectivity index (χ1v) is 9.53. The molecule has 1 amide bonds. The Morgan fingerprint density at radius 2 is 2.19 bits per heavy atom. The molecule has 4 rings (SSSR count). The molecule has 134 valence electrons. The number of carbonyl (C=O) groups excluding carboxylic acids is 1. The fraction of sp³-hybridized carbons (Fsp3) is 0.250. The Hall–Kier alpha value is -2.46. The fourth-order valence-electron chi connectivity index (χ4n) is 2.69. The van der Waals surface area contributed by atoms with Crippen LogP contribution >= 0.6 is 23.5 Å². The first-order valence-electron chi connectivity index (χ1n) is 7.90. The molecule has 1 aromatic heterocycles. The van der Waals surface area contributed by atoms with Crippen LogP contribution in [-0.4, -0.2) is 51.9 Å². The molecule has 2 aliphatic rings. The average molecular weight is 388 g/mol. The highest BCUT2D eigenvalue weighted by atomic mass is 32.2. The van der Waals surface area contributed by atoms with E-state index in [0.29, 0.717) is 22.6 Å². The zero-order valence-electron chi connectivity index (χ0n) is 14.4. The number of benzene rings is 1. The maximum Gasteiger partial charge on any atom is 0.269 e. The lowest BCUT2D eigenvalue weighted by Gasteiger charge is -2.15. The van der Waals surface area contributed by atoms with Crippen molar-refractivity contribution in [3.05, 3.63) is 34.5 Å². The number of aromatic nitrogens is 3. The number of methoxy groups -OCH3 is 1. The van der Waals surface area contributed by atoms with Crippen LogP contribution in [0.4, 0.5) is 11.6 Å². The molecule has 0 unspecified atom stereocenters. The number of anilines is 1. The lowest BCUT2D eigenvalue weighted by molar-refractivity contribution is -0.122. The predicted molar refractivity (Wildman–Crippen MR) is 103 cm³/mol. The molecule has 2 aromatic rings. The second-order valence-electron chi connectivity index (χ2n) is 5.48. The number of fused-ring (bicyclic) bond motifs is 1. The summed E-state index contributed by atoms with van der Waals surface area (Å²) in [6, 6.07) is 5.90. The molecule has 3 heterocycles. The van der Waals surface area contributed by atoms with Gasteiger partial charge in [-0.2, -0.15) is 15.1 Å². The van der Waals surface area contributed by atoms with E-state index in [-0.39, 0.29) is 5.91 Å². The number of amides is 1. The van der Waals surface area contributed by atoms with Gasteiger partial charge < -0.3 is 9.64 Å². The van der Waals surface area contributed by atoms with Gasteiger partial charge in [-0.3, -0.25) is 9.69 Å². The van der Waals surface area contributed by atoms with Crippen molar-refractivity contribution >= 4 is 46.2 Å². The van der Waals surface area contributed by atoms with Crippen molar-refractivity contribution in [1.29, 1.82) is 0 Å². The first kappa shape index (κ1) is 17.0. The zero-order valence-corrected chi connectivity index (χ0v) is 16.0. The van der Waals surface area contributed by atoms with Gasteiger partial charge in [-0.1, -0.05) is 11.8 Å². The van der Waals surface area contributed by atoms with Gasteiger partial charge in [0.25, 0.3) is 5.91 Å². The minimum atomic E-state index is -0.0510. The van der Waals surface area contributed by atoms with E-state index < -0.39 is 0 Å². The number of thioether (sulfide) groups is 2.